The minimum atomic E-state index is -2.66. The number of hydrogen-bond acceptors (Lipinski definition) is 2. The van der Waals surface area contributed by atoms with Crippen LogP contribution in [-0.4, -0.2) is 9.78 Å². The summed E-state index contributed by atoms with van der Waals surface area (Å²) in [6.45, 7) is -2.66. The van der Waals surface area contributed by atoms with Crippen LogP contribution in [0.1, 0.15) is 12.1 Å². The van der Waals surface area contributed by atoms with Crippen LogP contribution in [-0.2, 0) is 0 Å². The standard InChI is InChI=1S/C5H3F2N3/c6-5(7)10-3-4(1-8)2-9-10/h2-3,5H. The fourth-order valence-electron chi connectivity index (χ4n) is 0.503. The van der Waals surface area contributed by atoms with Gasteiger partial charge in [-0.25, -0.2) is 4.68 Å². The van der Waals surface area contributed by atoms with Crippen LogP contribution in [0.25, 0.3) is 0 Å². The summed E-state index contributed by atoms with van der Waals surface area (Å²) in [4.78, 5) is 0. The summed E-state index contributed by atoms with van der Waals surface area (Å²) in [6, 6.07) is 1.69. The first kappa shape index (κ1) is 6.68. The first-order chi connectivity index (χ1) is 4.74. The van der Waals surface area contributed by atoms with Crippen molar-refractivity contribution in [2.75, 3.05) is 0 Å². The zero-order valence-corrected chi connectivity index (χ0v) is 4.83. The molecule has 0 saturated heterocycles. The fraction of sp³-hybridized carbons (Fsp3) is 0.200. The Morgan fingerprint density at radius 2 is 2.40 bits per heavy atom. The third-order valence-corrected chi connectivity index (χ3v) is 0.931. The average molecular weight is 143 g/mol. The second-order valence-corrected chi connectivity index (χ2v) is 1.60. The molecule has 0 aliphatic carbocycles. The van der Waals surface area contributed by atoms with Gasteiger partial charge in [-0.2, -0.15) is 19.1 Å². The van der Waals surface area contributed by atoms with Crippen LogP contribution in [0.15, 0.2) is 12.4 Å². The van der Waals surface area contributed by atoms with Gasteiger partial charge in [0.2, 0.25) is 0 Å². The van der Waals surface area contributed by atoms with E-state index in [0.29, 0.717) is 4.68 Å². The second kappa shape index (κ2) is 2.43. The molecule has 0 fully saturated rings. The van der Waals surface area contributed by atoms with E-state index in [1.807, 2.05) is 0 Å². The van der Waals surface area contributed by atoms with Crippen molar-refractivity contribution in [3.8, 4) is 6.07 Å². The van der Waals surface area contributed by atoms with Crippen molar-refractivity contribution >= 4 is 0 Å². The molecule has 0 aromatic carbocycles. The zero-order valence-electron chi connectivity index (χ0n) is 4.83. The van der Waals surface area contributed by atoms with Gasteiger partial charge in [-0.15, -0.1) is 0 Å². The van der Waals surface area contributed by atoms with E-state index in [1.165, 1.54) is 0 Å². The lowest BCUT2D eigenvalue weighted by Gasteiger charge is -1.93. The molecule has 3 nitrogen and oxygen atoms in total. The minimum absolute atomic E-state index is 0.139. The van der Waals surface area contributed by atoms with Gasteiger partial charge in [-0.1, -0.05) is 0 Å². The molecule has 0 radical (unpaired) electrons. The molecular formula is C5H3F2N3. The van der Waals surface area contributed by atoms with Crippen molar-refractivity contribution in [1.82, 2.24) is 9.78 Å². The molecule has 52 valence electrons. The van der Waals surface area contributed by atoms with Gasteiger partial charge in [0.05, 0.1) is 11.8 Å². The molecule has 0 unspecified atom stereocenters. The van der Waals surface area contributed by atoms with Crippen LogP contribution in [0.2, 0.25) is 0 Å². The lowest BCUT2D eigenvalue weighted by atomic mass is 10.4. The molecule has 0 aliphatic rings. The van der Waals surface area contributed by atoms with E-state index in [4.69, 9.17) is 5.26 Å². The van der Waals surface area contributed by atoms with Gasteiger partial charge < -0.3 is 0 Å². The second-order valence-electron chi connectivity index (χ2n) is 1.60. The number of nitrogens with zero attached hydrogens (tertiary/aromatic N) is 3. The maximum Gasteiger partial charge on any atom is 0.333 e. The molecule has 10 heavy (non-hydrogen) atoms. The summed E-state index contributed by atoms with van der Waals surface area (Å²) in [5.41, 5.74) is 0.139. The summed E-state index contributed by atoms with van der Waals surface area (Å²) in [5.74, 6) is 0. The molecule has 5 heteroatoms. The molecule has 0 amide bonds. The highest BCUT2D eigenvalue weighted by atomic mass is 19.3. The minimum Gasteiger partial charge on any atom is -0.210 e. The van der Waals surface area contributed by atoms with Crippen molar-refractivity contribution in [1.29, 1.82) is 5.26 Å². The van der Waals surface area contributed by atoms with Crippen molar-refractivity contribution in [2.24, 2.45) is 0 Å². The van der Waals surface area contributed by atoms with Gasteiger partial charge in [0.25, 0.3) is 0 Å². The molecular weight excluding hydrogens is 140 g/mol. The Hall–Kier alpha value is -1.44. The van der Waals surface area contributed by atoms with E-state index in [0.717, 1.165) is 12.4 Å². The van der Waals surface area contributed by atoms with Crippen molar-refractivity contribution in [2.45, 2.75) is 6.55 Å². The highest BCUT2D eigenvalue weighted by Gasteiger charge is 2.05. The smallest absolute Gasteiger partial charge is 0.210 e. The highest BCUT2D eigenvalue weighted by Crippen LogP contribution is 2.08. The van der Waals surface area contributed by atoms with Crippen molar-refractivity contribution in [3.63, 3.8) is 0 Å². The molecule has 1 aromatic heterocycles. The number of aromatic nitrogens is 2. The Bertz CT molecular complexity index is 260. The summed E-state index contributed by atoms with van der Waals surface area (Å²) in [7, 11) is 0. The quantitative estimate of drug-likeness (QED) is 0.591. The van der Waals surface area contributed by atoms with Gasteiger partial charge >= 0.3 is 6.55 Å². The molecule has 0 saturated carbocycles. The summed E-state index contributed by atoms with van der Waals surface area (Å²) < 4.78 is 23.8. The van der Waals surface area contributed by atoms with Crippen LogP contribution in [0, 0.1) is 11.3 Å². The zero-order chi connectivity index (χ0) is 7.56. The normalized spacial score (nSPS) is 9.80. The van der Waals surface area contributed by atoms with E-state index in [-0.39, 0.29) is 5.56 Å². The Balaban J connectivity index is 2.91. The average Bonchev–Trinajstić information content (AvgIpc) is 2.34. The molecule has 1 aromatic rings. The highest BCUT2D eigenvalue weighted by molar-refractivity contribution is 5.21. The monoisotopic (exact) mass is 143 g/mol. The Kier molecular flexibility index (Phi) is 1.63. The number of nitriles is 1. The van der Waals surface area contributed by atoms with E-state index < -0.39 is 6.55 Å². The maximum atomic E-state index is 11.7. The Morgan fingerprint density at radius 3 is 2.70 bits per heavy atom. The maximum absolute atomic E-state index is 11.7. The van der Waals surface area contributed by atoms with E-state index in [9.17, 15) is 8.78 Å². The van der Waals surface area contributed by atoms with Gasteiger partial charge in [-0.3, -0.25) is 0 Å². The van der Waals surface area contributed by atoms with Crippen LogP contribution in [0.3, 0.4) is 0 Å². The largest absolute Gasteiger partial charge is 0.333 e. The lowest BCUT2D eigenvalue weighted by molar-refractivity contribution is 0.0566. The van der Waals surface area contributed by atoms with Crippen LogP contribution < -0.4 is 0 Å². The molecule has 1 rings (SSSR count). The van der Waals surface area contributed by atoms with Crippen LogP contribution >= 0.6 is 0 Å². The number of halogens is 2. The predicted octanol–water partition coefficient (Wildman–Crippen LogP) is 1.15. The molecule has 0 N–H and O–H groups in total. The van der Waals surface area contributed by atoms with Crippen molar-refractivity contribution in [3.05, 3.63) is 18.0 Å². The Labute approximate surface area is 55.5 Å². The summed E-state index contributed by atoms with van der Waals surface area (Å²) in [6.07, 6.45) is 2.08. The molecule has 0 atom stereocenters. The third-order valence-electron chi connectivity index (χ3n) is 0.931. The third kappa shape index (κ3) is 1.10. The number of hydrogen-bond donors (Lipinski definition) is 0. The van der Waals surface area contributed by atoms with E-state index in [2.05, 4.69) is 5.10 Å². The number of alkyl halides is 2. The lowest BCUT2D eigenvalue weighted by Crippen LogP contribution is -1.96. The number of rotatable bonds is 1. The predicted molar refractivity (Wildman–Crippen MR) is 28.2 cm³/mol. The first-order valence-corrected chi connectivity index (χ1v) is 2.46. The van der Waals surface area contributed by atoms with E-state index in [1.54, 1.807) is 6.07 Å². The van der Waals surface area contributed by atoms with Gasteiger partial charge in [0.1, 0.15) is 6.07 Å². The molecule has 0 spiro atoms. The van der Waals surface area contributed by atoms with Gasteiger partial charge in [-0.05, 0) is 0 Å². The summed E-state index contributed by atoms with van der Waals surface area (Å²) in [5, 5.41) is 11.4. The first-order valence-electron chi connectivity index (χ1n) is 2.46. The topological polar surface area (TPSA) is 41.6 Å². The van der Waals surface area contributed by atoms with Crippen LogP contribution in [0.4, 0.5) is 8.78 Å². The summed E-state index contributed by atoms with van der Waals surface area (Å²) >= 11 is 0. The van der Waals surface area contributed by atoms with Gasteiger partial charge in [0, 0.05) is 6.20 Å². The fourth-order valence-corrected chi connectivity index (χ4v) is 0.503. The molecule has 1 heterocycles. The van der Waals surface area contributed by atoms with Crippen molar-refractivity contribution < 1.29 is 8.78 Å². The Morgan fingerprint density at radius 1 is 1.70 bits per heavy atom. The molecule has 0 aliphatic heterocycles. The SMILES string of the molecule is N#Cc1cnn(C(F)F)c1. The van der Waals surface area contributed by atoms with Gasteiger partial charge in [0.15, 0.2) is 0 Å². The van der Waals surface area contributed by atoms with E-state index >= 15 is 0 Å². The molecule has 0 bridgehead atoms. The van der Waals surface area contributed by atoms with Crippen LogP contribution in [0.5, 0.6) is 0 Å².